The van der Waals surface area contributed by atoms with Crippen LogP contribution >= 0.6 is 0 Å². The van der Waals surface area contributed by atoms with Gasteiger partial charge in [-0.25, -0.2) is 9.97 Å². The van der Waals surface area contributed by atoms with E-state index >= 15 is 0 Å². The number of fused-ring (bicyclic) bond motifs is 7. The highest BCUT2D eigenvalue weighted by Crippen LogP contribution is 2.45. The van der Waals surface area contributed by atoms with Gasteiger partial charge in [-0.15, -0.1) is 0 Å². The molecule has 15 aromatic rings. The smallest absolute Gasteiger partial charge is 0.0973 e. The van der Waals surface area contributed by atoms with Crippen molar-refractivity contribution in [1.82, 2.24) is 19.1 Å². The van der Waals surface area contributed by atoms with E-state index in [0.717, 1.165) is 108 Å². The van der Waals surface area contributed by atoms with E-state index in [-0.39, 0.29) is 0 Å². The Bertz CT molecular complexity index is 5010. The van der Waals surface area contributed by atoms with Crippen LogP contribution in [0.25, 0.3) is 106 Å². The summed E-state index contributed by atoms with van der Waals surface area (Å²) in [6, 6.07) is 109. The lowest BCUT2D eigenvalue weighted by Crippen LogP contribution is -2.10. The Morgan fingerprint density at radius 1 is 0.314 bits per heavy atom. The van der Waals surface area contributed by atoms with Gasteiger partial charge in [-0.2, -0.15) is 0 Å². The maximum atomic E-state index is 5.73. The zero-order chi connectivity index (χ0) is 56.9. The fraction of sp³-hybridized carbons (Fsp3) is 0.0250. The maximum Gasteiger partial charge on any atom is 0.0973 e. The first-order valence-corrected chi connectivity index (χ1v) is 29.5. The third-order valence-electron chi connectivity index (χ3n) is 16.9. The average Bonchev–Trinajstić information content (AvgIpc) is 2.59. The molecule has 0 amide bonds. The van der Waals surface area contributed by atoms with E-state index in [1.165, 1.54) is 49.7 Å². The highest BCUT2D eigenvalue weighted by molar-refractivity contribution is 6.11. The van der Waals surface area contributed by atoms with Gasteiger partial charge in [0.1, 0.15) is 0 Å². The van der Waals surface area contributed by atoms with Crippen molar-refractivity contribution in [2.75, 3.05) is 9.80 Å². The Balaban J connectivity index is 0.829. The number of benzene rings is 12. The van der Waals surface area contributed by atoms with Crippen molar-refractivity contribution in [3.63, 3.8) is 0 Å². The van der Waals surface area contributed by atoms with Gasteiger partial charge in [0.05, 0.1) is 39.0 Å². The molecule has 12 aromatic carbocycles. The Kier molecular flexibility index (Phi) is 12.6. The van der Waals surface area contributed by atoms with Crippen LogP contribution in [0.2, 0.25) is 0 Å². The maximum absolute atomic E-state index is 5.73. The molecule has 0 saturated heterocycles. The van der Waals surface area contributed by atoms with Gasteiger partial charge in [0.25, 0.3) is 0 Å². The third kappa shape index (κ3) is 8.91. The molecule has 406 valence electrons. The van der Waals surface area contributed by atoms with E-state index in [4.69, 9.17) is 9.97 Å². The molecule has 0 unspecified atom stereocenters. The monoisotopic (exact) mass is 1100 g/mol. The number of anilines is 6. The molecule has 0 atom stereocenters. The fourth-order valence-corrected chi connectivity index (χ4v) is 13.0. The normalized spacial score (nSPS) is 12.0. The van der Waals surface area contributed by atoms with Crippen molar-refractivity contribution in [3.8, 4) is 56.1 Å². The first kappa shape index (κ1) is 50.4. The van der Waals surface area contributed by atoms with Crippen molar-refractivity contribution in [2.24, 2.45) is 0 Å². The van der Waals surface area contributed by atoms with Gasteiger partial charge in [-0.1, -0.05) is 182 Å². The topological polar surface area (TPSA) is 42.1 Å². The van der Waals surface area contributed by atoms with Gasteiger partial charge < -0.3 is 18.9 Å². The summed E-state index contributed by atoms with van der Waals surface area (Å²) >= 11 is 0. The molecule has 16 rings (SSSR count). The number of aromatic nitrogens is 4. The molecular formula is C80H56N6. The second-order valence-corrected chi connectivity index (χ2v) is 22.0. The molecule has 0 bridgehead atoms. The second kappa shape index (κ2) is 21.4. The molecule has 6 heteroatoms. The molecule has 0 spiro atoms. The highest BCUT2D eigenvalue weighted by Gasteiger charge is 2.24. The lowest BCUT2D eigenvalue weighted by molar-refractivity contribution is 0.967. The molecule has 1 aliphatic carbocycles. The summed E-state index contributed by atoms with van der Waals surface area (Å²) in [6.07, 6.45) is 6.62. The predicted molar refractivity (Wildman–Crippen MR) is 359 cm³/mol. The summed E-state index contributed by atoms with van der Waals surface area (Å²) in [5, 5.41) is 3.67. The van der Waals surface area contributed by atoms with Gasteiger partial charge in [0.2, 0.25) is 0 Å². The molecule has 0 N–H and O–H groups in total. The van der Waals surface area contributed by atoms with Crippen molar-refractivity contribution < 1.29 is 0 Å². The lowest BCUT2D eigenvalue weighted by Gasteiger charge is -2.26. The van der Waals surface area contributed by atoms with Crippen LogP contribution in [0.3, 0.4) is 0 Å². The van der Waals surface area contributed by atoms with Crippen LogP contribution in [0.1, 0.15) is 17.7 Å². The zero-order valence-corrected chi connectivity index (χ0v) is 47.1. The molecule has 6 nitrogen and oxygen atoms in total. The molecule has 0 fully saturated rings. The Labute approximate surface area is 499 Å². The molecular weight excluding hydrogens is 1040 g/mol. The molecule has 3 aromatic heterocycles. The number of rotatable bonds is 12. The summed E-state index contributed by atoms with van der Waals surface area (Å²) in [5.74, 6) is 0. The van der Waals surface area contributed by atoms with Gasteiger partial charge in [-0.05, 0) is 169 Å². The highest BCUT2D eigenvalue weighted by atomic mass is 15.1. The number of hydrogen-bond donors (Lipinski definition) is 0. The lowest BCUT2D eigenvalue weighted by atomic mass is 9.97. The predicted octanol–water partition coefficient (Wildman–Crippen LogP) is 21.2. The molecule has 86 heavy (non-hydrogen) atoms. The van der Waals surface area contributed by atoms with Crippen molar-refractivity contribution in [3.05, 3.63) is 321 Å². The largest absolute Gasteiger partial charge is 0.310 e. The van der Waals surface area contributed by atoms with Crippen LogP contribution in [0, 0.1) is 0 Å². The minimum Gasteiger partial charge on any atom is -0.310 e. The third-order valence-corrected chi connectivity index (χ3v) is 16.9. The van der Waals surface area contributed by atoms with Crippen LogP contribution in [-0.4, -0.2) is 19.1 Å². The quantitative estimate of drug-likeness (QED) is 0.122. The minimum atomic E-state index is 0.803. The molecule has 3 heterocycles. The van der Waals surface area contributed by atoms with Gasteiger partial charge >= 0.3 is 0 Å². The molecule has 1 aliphatic rings. The van der Waals surface area contributed by atoms with Gasteiger partial charge in [0.15, 0.2) is 0 Å². The van der Waals surface area contributed by atoms with E-state index < -0.39 is 0 Å². The van der Waals surface area contributed by atoms with Crippen LogP contribution in [0.5, 0.6) is 0 Å². The Morgan fingerprint density at radius 3 is 1.43 bits per heavy atom. The van der Waals surface area contributed by atoms with Gasteiger partial charge in [0, 0.05) is 84.0 Å². The van der Waals surface area contributed by atoms with E-state index in [1.807, 2.05) is 0 Å². The number of nitrogens with zero attached hydrogens (tertiary/aromatic N) is 6. The summed E-state index contributed by atoms with van der Waals surface area (Å²) in [7, 11) is 0. The van der Waals surface area contributed by atoms with Crippen LogP contribution in [0.4, 0.5) is 34.1 Å². The molecule has 0 aliphatic heterocycles. The average molecular weight is 1100 g/mol. The van der Waals surface area contributed by atoms with Crippen molar-refractivity contribution >= 4 is 83.9 Å². The van der Waals surface area contributed by atoms with E-state index in [2.05, 4.69) is 334 Å². The number of allylic oxidation sites excluding steroid dienone is 1. The zero-order valence-electron chi connectivity index (χ0n) is 47.1. The standard InChI is InChI=1S/C80H56N6/c1-6-22-55(23-7-1)58-24-20-25-59(52-58)68-36-21-37-73-80(68)82-79(57-42-46-65(47-43-57)84(61-28-10-3-11-29-61)67-49-51-77-72(54-67)70-35-17-19-39-75(70)86(77)63-32-14-5-15-33-63)78(81-73)56-40-44-64(45-41-56)83(60-26-8-2-9-27-60)66-48-50-76-71(53-66)69-34-16-18-38-74(69)85(76)62-30-12-4-13-31-62/h1-15,17-33,35-54H,16,34H2. The number of aryl methyl sites for hydroxylation is 1. The molecule has 0 saturated carbocycles. The van der Waals surface area contributed by atoms with Crippen LogP contribution in [0.15, 0.2) is 309 Å². The van der Waals surface area contributed by atoms with Crippen molar-refractivity contribution in [2.45, 2.75) is 12.8 Å². The molecule has 0 radical (unpaired) electrons. The summed E-state index contributed by atoms with van der Waals surface area (Å²) < 4.78 is 4.78. The van der Waals surface area contributed by atoms with Crippen LogP contribution in [-0.2, 0) is 6.42 Å². The van der Waals surface area contributed by atoms with E-state index in [0.29, 0.717) is 0 Å². The van der Waals surface area contributed by atoms with E-state index in [9.17, 15) is 0 Å². The summed E-state index contributed by atoms with van der Waals surface area (Å²) in [5.41, 5.74) is 24.5. The summed E-state index contributed by atoms with van der Waals surface area (Å²) in [6.45, 7) is 0. The SMILES string of the molecule is C1=Cc2c(c3cc(N(c4ccccc4)c4ccc(-c5nc6cccc(-c7cccc(-c8ccccc8)c7)c6nc5-c5ccc(N(c6ccccc6)c6ccc7c(c6)c6ccccc6n7-c6ccccc6)cc5)cc4)ccc3n2-c2ccccc2)CC1. The number of para-hydroxylation sites is 6. The second-order valence-electron chi connectivity index (χ2n) is 22.0. The Morgan fingerprint density at radius 2 is 0.791 bits per heavy atom. The summed E-state index contributed by atoms with van der Waals surface area (Å²) in [4.78, 5) is 16.1. The van der Waals surface area contributed by atoms with Gasteiger partial charge in [-0.3, -0.25) is 0 Å². The fourth-order valence-electron chi connectivity index (χ4n) is 13.0. The van der Waals surface area contributed by atoms with E-state index in [1.54, 1.807) is 0 Å². The number of hydrogen-bond acceptors (Lipinski definition) is 4. The van der Waals surface area contributed by atoms with Crippen molar-refractivity contribution in [1.29, 1.82) is 0 Å². The Hall–Kier alpha value is -11.3. The first-order chi connectivity index (χ1) is 42.7. The van der Waals surface area contributed by atoms with Crippen LogP contribution < -0.4 is 9.80 Å². The first-order valence-electron chi connectivity index (χ1n) is 29.5. The minimum absolute atomic E-state index is 0.803.